The first kappa shape index (κ1) is 15.3. The molecule has 0 unspecified atom stereocenters. The van der Waals surface area contributed by atoms with Crippen LogP contribution in [0.3, 0.4) is 0 Å². The van der Waals surface area contributed by atoms with Gasteiger partial charge in [0.15, 0.2) is 0 Å². The lowest BCUT2D eigenvalue weighted by atomic mass is 9.96. The minimum absolute atomic E-state index is 0.504. The molecule has 2 aromatic heterocycles. The van der Waals surface area contributed by atoms with Crippen LogP contribution in [0.1, 0.15) is 6.42 Å². The van der Waals surface area contributed by atoms with Crippen LogP contribution in [0.4, 0.5) is 5.69 Å². The zero-order valence-corrected chi connectivity index (χ0v) is 14.1. The van der Waals surface area contributed by atoms with E-state index in [2.05, 4.69) is 32.7 Å². The van der Waals surface area contributed by atoms with Gasteiger partial charge in [-0.05, 0) is 23.9 Å². The zero-order valence-electron chi connectivity index (χ0n) is 13.2. The summed E-state index contributed by atoms with van der Waals surface area (Å²) in [6.45, 7) is 6.46. The second-order valence-corrected chi connectivity index (χ2v) is 7.13. The van der Waals surface area contributed by atoms with Crippen LogP contribution in [0.5, 0.6) is 0 Å². The molecular weight excluding hydrogens is 310 g/mol. The first-order valence-corrected chi connectivity index (χ1v) is 9.25. The van der Waals surface area contributed by atoms with E-state index in [1.165, 1.54) is 10.4 Å². The van der Waals surface area contributed by atoms with Crippen molar-refractivity contribution in [1.29, 1.82) is 0 Å². The first-order valence-electron chi connectivity index (χ1n) is 8.37. The van der Waals surface area contributed by atoms with Crippen molar-refractivity contribution in [2.75, 3.05) is 51.4 Å². The van der Waals surface area contributed by atoms with Gasteiger partial charge in [-0.1, -0.05) is 0 Å². The van der Waals surface area contributed by atoms with Crippen molar-refractivity contribution < 1.29 is 9.47 Å². The predicted octanol–water partition coefficient (Wildman–Crippen LogP) is 2.45. The zero-order chi connectivity index (χ0) is 15.5. The van der Waals surface area contributed by atoms with Crippen LogP contribution < -0.4 is 5.32 Å². The van der Waals surface area contributed by atoms with E-state index in [1.807, 2.05) is 6.20 Å². The van der Waals surface area contributed by atoms with Crippen molar-refractivity contribution in [2.24, 2.45) is 5.92 Å². The number of pyridine rings is 1. The summed E-state index contributed by atoms with van der Waals surface area (Å²) >= 11 is 1.75. The highest BCUT2D eigenvalue weighted by molar-refractivity contribution is 7.17. The highest BCUT2D eigenvalue weighted by atomic mass is 32.1. The monoisotopic (exact) mass is 333 g/mol. The summed E-state index contributed by atoms with van der Waals surface area (Å²) in [6, 6.07) is 4.67. The molecule has 0 saturated carbocycles. The van der Waals surface area contributed by atoms with Crippen molar-refractivity contribution in [2.45, 2.75) is 12.5 Å². The fraction of sp³-hybridized carbons (Fsp3) is 0.588. The van der Waals surface area contributed by atoms with Gasteiger partial charge in [-0.3, -0.25) is 9.88 Å². The Kier molecular flexibility index (Phi) is 4.75. The Morgan fingerprint density at radius 1 is 1.26 bits per heavy atom. The minimum Gasteiger partial charge on any atom is -0.382 e. The third-order valence-corrected chi connectivity index (χ3v) is 5.81. The van der Waals surface area contributed by atoms with Crippen molar-refractivity contribution in [1.82, 2.24) is 9.88 Å². The Labute approximate surface area is 140 Å². The second kappa shape index (κ2) is 7.13. The number of ether oxygens (including phenoxy) is 2. The molecule has 4 rings (SSSR count). The molecule has 0 aliphatic carbocycles. The van der Waals surface area contributed by atoms with E-state index in [9.17, 15) is 0 Å². The highest BCUT2D eigenvalue weighted by Gasteiger charge is 2.31. The van der Waals surface area contributed by atoms with E-state index in [1.54, 1.807) is 11.3 Å². The van der Waals surface area contributed by atoms with Gasteiger partial charge in [0, 0.05) is 44.4 Å². The summed E-state index contributed by atoms with van der Waals surface area (Å²) in [7, 11) is 0. The molecule has 2 aromatic rings. The summed E-state index contributed by atoms with van der Waals surface area (Å²) < 4.78 is 12.4. The van der Waals surface area contributed by atoms with E-state index in [0.717, 1.165) is 58.0 Å². The average Bonchev–Trinajstić information content (AvgIpc) is 3.28. The Morgan fingerprint density at radius 3 is 3.00 bits per heavy atom. The average molecular weight is 333 g/mol. The van der Waals surface area contributed by atoms with Crippen molar-refractivity contribution in [3.63, 3.8) is 0 Å². The number of anilines is 1. The predicted molar refractivity (Wildman–Crippen MR) is 93.2 cm³/mol. The maximum Gasteiger partial charge on any atom is 0.0830 e. The molecule has 0 aromatic carbocycles. The lowest BCUT2D eigenvalue weighted by molar-refractivity contribution is 0.00462. The number of hydrogen-bond acceptors (Lipinski definition) is 6. The first-order chi connectivity index (χ1) is 11.4. The van der Waals surface area contributed by atoms with Crippen molar-refractivity contribution in [3.05, 3.63) is 23.7 Å². The molecule has 2 aliphatic heterocycles. The molecule has 124 valence electrons. The molecule has 4 heterocycles. The summed E-state index contributed by atoms with van der Waals surface area (Å²) in [4.78, 5) is 6.99. The number of nitrogens with zero attached hydrogens (tertiary/aromatic N) is 2. The van der Waals surface area contributed by atoms with Gasteiger partial charge >= 0.3 is 0 Å². The third kappa shape index (κ3) is 3.35. The second-order valence-electron chi connectivity index (χ2n) is 6.21. The molecule has 5 nitrogen and oxygen atoms in total. The van der Waals surface area contributed by atoms with Gasteiger partial charge < -0.3 is 14.8 Å². The van der Waals surface area contributed by atoms with Gasteiger partial charge in [-0.2, -0.15) is 0 Å². The topological polar surface area (TPSA) is 46.6 Å². The molecule has 2 fully saturated rings. The molecule has 2 saturated heterocycles. The highest BCUT2D eigenvalue weighted by Crippen LogP contribution is 2.28. The van der Waals surface area contributed by atoms with Crippen molar-refractivity contribution in [3.8, 4) is 0 Å². The smallest absolute Gasteiger partial charge is 0.0830 e. The molecule has 0 radical (unpaired) electrons. The lowest BCUT2D eigenvalue weighted by Crippen LogP contribution is -2.50. The number of hydrogen-bond donors (Lipinski definition) is 1. The van der Waals surface area contributed by atoms with Gasteiger partial charge in [0.2, 0.25) is 0 Å². The number of aromatic nitrogens is 1. The number of fused-ring (bicyclic) bond motifs is 1. The fourth-order valence-corrected chi connectivity index (χ4v) is 4.43. The molecule has 2 aliphatic rings. The van der Waals surface area contributed by atoms with E-state index in [0.29, 0.717) is 12.0 Å². The quantitative estimate of drug-likeness (QED) is 0.911. The molecule has 2 atom stereocenters. The van der Waals surface area contributed by atoms with E-state index in [4.69, 9.17) is 9.47 Å². The summed E-state index contributed by atoms with van der Waals surface area (Å²) in [5.41, 5.74) is 2.27. The number of rotatable bonds is 5. The van der Waals surface area contributed by atoms with E-state index >= 15 is 0 Å². The molecule has 0 amide bonds. The molecule has 23 heavy (non-hydrogen) atoms. The molecule has 0 bridgehead atoms. The van der Waals surface area contributed by atoms with Crippen LogP contribution in [0.25, 0.3) is 10.2 Å². The Bertz CT molecular complexity index is 636. The van der Waals surface area contributed by atoms with Gasteiger partial charge in [-0.25, -0.2) is 0 Å². The normalized spacial score (nSPS) is 24.1. The summed E-state index contributed by atoms with van der Waals surface area (Å²) in [5.74, 6) is 0.612. The molecular formula is C17H23N3O2S. The Balaban J connectivity index is 1.49. The van der Waals surface area contributed by atoms with E-state index in [-0.39, 0.29) is 0 Å². The Morgan fingerprint density at radius 2 is 2.17 bits per heavy atom. The lowest BCUT2D eigenvalue weighted by Gasteiger charge is -2.37. The molecule has 6 heteroatoms. The number of thiophene rings is 1. The number of nitrogens with one attached hydrogen (secondary N) is 1. The largest absolute Gasteiger partial charge is 0.382 e. The molecule has 1 N–H and O–H groups in total. The fourth-order valence-electron chi connectivity index (χ4n) is 3.59. The van der Waals surface area contributed by atoms with Crippen molar-refractivity contribution >= 4 is 27.2 Å². The number of morpholine rings is 1. The van der Waals surface area contributed by atoms with Crippen LogP contribution in [-0.2, 0) is 9.47 Å². The minimum atomic E-state index is 0.504. The van der Waals surface area contributed by atoms with Crippen LogP contribution in [0.15, 0.2) is 23.7 Å². The summed E-state index contributed by atoms with van der Waals surface area (Å²) in [6.07, 6.45) is 3.05. The Hall–Kier alpha value is -1.21. The SMILES string of the molecule is c1cc(NC[C@H]([C@@H]2CCOC2)N2CCOCC2)c2sccc2n1. The van der Waals surface area contributed by atoms with Gasteiger partial charge in [0.25, 0.3) is 0 Å². The van der Waals surface area contributed by atoms with Gasteiger partial charge in [-0.15, -0.1) is 11.3 Å². The van der Waals surface area contributed by atoms with Crippen LogP contribution in [0.2, 0.25) is 0 Å². The third-order valence-electron chi connectivity index (χ3n) is 4.87. The van der Waals surface area contributed by atoms with E-state index < -0.39 is 0 Å². The van der Waals surface area contributed by atoms with Gasteiger partial charge in [0.05, 0.1) is 35.7 Å². The molecule has 0 spiro atoms. The van der Waals surface area contributed by atoms with Crippen LogP contribution in [0, 0.1) is 5.92 Å². The summed E-state index contributed by atoms with van der Waals surface area (Å²) in [5, 5.41) is 5.78. The van der Waals surface area contributed by atoms with Crippen LogP contribution >= 0.6 is 11.3 Å². The van der Waals surface area contributed by atoms with Crippen LogP contribution in [-0.4, -0.2) is 62.0 Å². The maximum absolute atomic E-state index is 5.65. The maximum atomic E-state index is 5.65. The standard InChI is InChI=1S/C17H23N3O2S/c1-4-18-15-3-10-23-17(15)14(1)19-11-16(13-2-7-22-12-13)20-5-8-21-9-6-20/h1,3-4,10,13,16H,2,5-9,11-12H2,(H,18,19)/t13-,16-/m1/s1. The van der Waals surface area contributed by atoms with Gasteiger partial charge in [0.1, 0.15) is 0 Å².